The van der Waals surface area contributed by atoms with Crippen LogP contribution in [0.15, 0.2) is 59.6 Å². The van der Waals surface area contributed by atoms with Crippen molar-refractivity contribution in [3.8, 4) is 22.8 Å². The highest BCUT2D eigenvalue weighted by molar-refractivity contribution is 7.99. The van der Waals surface area contributed by atoms with Gasteiger partial charge < -0.3 is 14.8 Å². The van der Waals surface area contributed by atoms with Gasteiger partial charge in [-0.15, -0.1) is 10.2 Å². The summed E-state index contributed by atoms with van der Waals surface area (Å²) in [6.45, 7) is 2.04. The fraction of sp³-hybridized carbons (Fsp3) is 0.190. The number of hydrogen-bond donors (Lipinski definition) is 1. The van der Waals surface area contributed by atoms with Crippen molar-refractivity contribution in [3.05, 3.63) is 60.2 Å². The van der Waals surface area contributed by atoms with Gasteiger partial charge in [0.15, 0.2) is 11.5 Å². The molecule has 0 saturated heterocycles. The SMILES string of the molecule is COc1ccc(NC(=O)CSc2ccc(-c3ccc(C)cc3)nn2)cc1OC. The molecule has 144 valence electrons. The smallest absolute Gasteiger partial charge is 0.234 e. The maximum Gasteiger partial charge on any atom is 0.234 e. The zero-order valence-corrected chi connectivity index (χ0v) is 16.7. The first-order valence-corrected chi connectivity index (χ1v) is 9.63. The summed E-state index contributed by atoms with van der Waals surface area (Å²) in [4.78, 5) is 12.2. The summed E-state index contributed by atoms with van der Waals surface area (Å²) in [5.41, 5.74) is 3.66. The fourth-order valence-electron chi connectivity index (χ4n) is 2.53. The molecule has 0 saturated carbocycles. The van der Waals surface area contributed by atoms with Crippen LogP contribution in [0.1, 0.15) is 5.56 Å². The second kappa shape index (κ2) is 9.23. The number of amides is 1. The number of nitrogens with one attached hydrogen (secondary N) is 1. The minimum absolute atomic E-state index is 0.137. The van der Waals surface area contributed by atoms with Crippen LogP contribution >= 0.6 is 11.8 Å². The zero-order chi connectivity index (χ0) is 19.9. The van der Waals surface area contributed by atoms with Crippen LogP contribution in [-0.2, 0) is 4.79 Å². The van der Waals surface area contributed by atoms with Crippen LogP contribution in [-0.4, -0.2) is 36.1 Å². The van der Waals surface area contributed by atoms with Crippen LogP contribution in [0.2, 0.25) is 0 Å². The number of carbonyl (C=O) groups excluding carboxylic acids is 1. The first kappa shape index (κ1) is 19.7. The van der Waals surface area contributed by atoms with E-state index in [4.69, 9.17) is 9.47 Å². The minimum atomic E-state index is -0.137. The quantitative estimate of drug-likeness (QED) is 0.605. The van der Waals surface area contributed by atoms with Crippen molar-refractivity contribution in [2.75, 3.05) is 25.3 Å². The maximum atomic E-state index is 12.2. The molecule has 7 heteroatoms. The first-order valence-electron chi connectivity index (χ1n) is 8.64. The van der Waals surface area contributed by atoms with Crippen LogP contribution in [0.5, 0.6) is 11.5 Å². The summed E-state index contributed by atoms with van der Waals surface area (Å²) < 4.78 is 10.4. The zero-order valence-electron chi connectivity index (χ0n) is 15.9. The average molecular weight is 395 g/mol. The molecule has 0 aliphatic carbocycles. The van der Waals surface area contributed by atoms with Gasteiger partial charge in [-0.2, -0.15) is 0 Å². The second-order valence-corrected chi connectivity index (χ2v) is 7.03. The molecule has 3 aromatic rings. The summed E-state index contributed by atoms with van der Waals surface area (Å²) in [6.07, 6.45) is 0. The third-order valence-electron chi connectivity index (χ3n) is 4.01. The Morgan fingerprint density at radius 2 is 1.71 bits per heavy atom. The summed E-state index contributed by atoms with van der Waals surface area (Å²) in [7, 11) is 3.12. The van der Waals surface area contributed by atoms with E-state index in [0.717, 1.165) is 11.3 Å². The fourth-order valence-corrected chi connectivity index (χ4v) is 3.14. The Balaban J connectivity index is 1.56. The Labute approximate surface area is 168 Å². The first-order chi connectivity index (χ1) is 13.6. The monoisotopic (exact) mass is 395 g/mol. The summed E-state index contributed by atoms with van der Waals surface area (Å²) >= 11 is 1.33. The van der Waals surface area contributed by atoms with E-state index in [0.29, 0.717) is 22.2 Å². The van der Waals surface area contributed by atoms with E-state index in [1.165, 1.54) is 17.3 Å². The number of benzene rings is 2. The predicted molar refractivity (Wildman–Crippen MR) is 111 cm³/mol. The van der Waals surface area contributed by atoms with E-state index in [9.17, 15) is 4.79 Å². The van der Waals surface area contributed by atoms with Crippen molar-refractivity contribution in [1.82, 2.24) is 10.2 Å². The average Bonchev–Trinajstić information content (AvgIpc) is 2.73. The van der Waals surface area contributed by atoms with Gasteiger partial charge in [0.2, 0.25) is 5.91 Å². The number of nitrogens with zero attached hydrogens (tertiary/aromatic N) is 2. The minimum Gasteiger partial charge on any atom is -0.493 e. The van der Waals surface area contributed by atoms with Crippen molar-refractivity contribution in [1.29, 1.82) is 0 Å². The third kappa shape index (κ3) is 5.01. The highest BCUT2D eigenvalue weighted by atomic mass is 32.2. The Bertz CT molecular complexity index is 944. The second-order valence-electron chi connectivity index (χ2n) is 6.03. The van der Waals surface area contributed by atoms with E-state index in [2.05, 4.69) is 15.5 Å². The Morgan fingerprint density at radius 3 is 2.36 bits per heavy atom. The molecule has 0 spiro atoms. The van der Waals surface area contributed by atoms with Crippen molar-refractivity contribution in [2.45, 2.75) is 11.9 Å². The van der Waals surface area contributed by atoms with Gasteiger partial charge in [-0.05, 0) is 31.2 Å². The molecular formula is C21H21N3O3S. The van der Waals surface area contributed by atoms with Gasteiger partial charge in [-0.3, -0.25) is 4.79 Å². The molecule has 0 fully saturated rings. The van der Waals surface area contributed by atoms with Crippen LogP contribution in [0, 0.1) is 6.92 Å². The van der Waals surface area contributed by atoms with E-state index in [1.54, 1.807) is 32.4 Å². The van der Waals surface area contributed by atoms with Crippen LogP contribution < -0.4 is 14.8 Å². The van der Waals surface area contributed by atoms with Gasteiger partial charge in [0.1, 0.15) is 5.03 Å². The van der Waals surface area contributed by atoms with Crippen molar-refractivity contribution >= 4 is 23.4 Å². The molecule has 6 nitrogen and oxygen atoms in total. The number of hydrogen-bond acceptors (Lipinski definition) is 6. The maximum absolute atomic E-state index is 12.2. The van der Waals surface area contributed by atoms with Crippen LogP contribution in [0.3, 0.4) is 0 Å². The standard InChI is InChI=1S/C21H21N3O3S/c1-14-4-6-15(7-5-14)17-9-11-21(24-23-17)28-13-20(25)22-16-8-10-18(26-2)19(12-16)27-3/h4-12H,13H2,1-3H3,(H,22,25). The molecule has 3 rings (SSSR count). The van der Waals surface area contributed by atoms with Crippen molar-refractivity contribution in [3.63, 3.8) is 0 Å². The summed E-state index contributed by atoms with van der Waals surface area (Å²) in [6, 6.07) is 17.1. The Morgan fingerprint density at radius 1 is 0.964 bits per heavy atom. The van der Waals surface area contributed by atoms with E-state index in [1.807, 2.05) is 43.3 Å². The Kier molecular flexibility index (Phi) is 6.49. The Hall–Kier alpha value is -3.06. The number of ether oxygens (including phenoxy) is 2. The van der Waals surface area contributed by atoms with E-state index >= 15 is 0 Å². The highest BCUT2D eigenvalue weighted by Gasteiger charge is 2.09. The lowest BCUT2D eigenvalue weighted by Crippen LogP contribution is -2.14. The molecule has 0 bridgehead atoms. The number of rotatable bonds is 7. The largest absolute Gasteiger partial charge is 0.493 e. The normalized spacial score (nSPS) is 10.4. The van der Waals surface area contributed by atoms with Crippen molar-refractivity contribution < 1.29 is 14.3 Å². The summed E-state index contributed by atoms with van der Waals surface area (Å²) in [5, 5.41) is 12.0. The molecule has 0 aliphatic heterocycles. The number of anilines is 1. The molecule has 2 aromatic carbocycles. The number of aryl methyl sites for hydroxylation is 1. The predicted octanol–water partition coefficient (Wildman–Crippen LogP) is 4.20. The topological polar surface area (TPSA) is 73.3 Å². The molecule has 0 radical (unpaired) electrons. The lowest BCUT2D eigenvalue weighted by atomic mass is 10.1. The number of aromatic nitrogens is 2. The number of carbonyl (C=O) groups is 1. The lowest BCUT2D eigenvalue weighted by Gasteiger charge is -2.10. The van der Waals surface area contributed by atoms with Gasteiger partial charge in [0, 0.05) is 17.3 Å². The van der Waals surface area contributed by atoms with E-state index in [-0.39, 0.29) is 11.7 Å². The molecule has 1 heterocycles. The molecule has 0 unspecified atom stereocenters. The van der Waals surface area contributed by atoms with Gasteiger partial charge in [0.05, 0.1) is 25.7 Å². The van der Waals surface area contributed by atoms with Crippen molar-refractivity contribution in [2.24, 2.45) is 0 Å². The molecule has 1 N–H and O–H groups in total. The van der Waals surface area contributed by atoms with Gasteiger partial charge >= 0.3 is 0 Å². The lowest BCUT2D eigenvalue weighted by molar-refractivity contribution is -0.113. The number of thioether (sulfide) groups is 1. The molecule has 0 aliphatic rings. The third-order valence-corrected chi connectivity index (χ3v) is 4.93. The molecular weight excluding hydrogens is 374 g/mol. The van der Waals surface area contributed by atoms with Crippen LogP contribution in [0.4, 0.5) is 5.69 Å². The van der Waals surface area contributed by atoms with Gasteiger partial charge in [-0.1, -0.05) is 41.6 Å². The molecule has 1 aromatic heterocycles. The van der Waals surface area contributed by atoms with E-state index < -0.39 is 0 Å². The number of methoxy groups -OCH3 is 2. The van der Waals surface area contributed by atoms with Crippen LogP contribution in [0.25, 0.3) is 11.3 Å². The molecule has 1 amide bonds. The van der Waals surface area contributed by atoms with Gasteiger partial charge in [0.25, 0.3) is 0 Å². The summed E-state index contributed by atoms with van der Waals surface area (Å²) in [5.74, 6) is 1.26. The molecule has 0 atom stereocenters. The highest BCUT2D eigenvalue weighted by Crippen LogP contribution is 2.30. The van der Waals surface area contributed by atoms with Gasteiger partial charge in [-0.25, -0.2) is 0 Å². The molecule has 28 heavy (non-hydrogen) atoms.